The van der Waals surface area contributed by atoms with E-state index < -0.39 is 17.5 Å². The summed E-state index contributed by atoms with van der Waals surface area (Å²) in [5, 5.41) is 20.8. The number of ether oxygens (including phenoxy) is 1. The van der Waals surface area contributed by atoms with Crippen molar-refractivity contribution in [2.45, 2.75) is 106 Å². The standard InChI is InChI=1S/C32H46O6/c1-18(15-21(34)16-19(2)28(36)37)24-17-26(35)32(8)23-9-10-25-29(4,5)27(38-20(3)33)12-13-30(25,6)22(23)11-14-31(24,32)7/h9,11,16,18,24-27,35H,10,12-15,17H2,1-8H3,(H,36,37)/b19-16+/t18-,24-,25-,26+,27-,30-,31-,32-/m1/s1. The molecule has 0 saturated heterocycles. The van der Waals surface area contributed by atoms with Gasteiger partial charge >= 0.3 is 11.9 Å². The number of hydrogen-bond donors (Lipinski definition) is 2. The van der Waals surface area contributed by atoms with Crippen LogP contribution in [0.5, 0.6) is 0 Å². The Morgan fingerprint density at radius 1 is 1.11 bits per heavy atom. The van der Waals surface area contributed by atoms with Crippen LogP contribution in [0.1, 0.15) is 93.9 Å². The van der Waals surface area contributed by atoms with Crippen molar-refractivity contribution in [1.29, 1.82) is 0 Å². The van der Waals surface area contributed by atoms with Gasteiger partial charge in [-0.2, -0.15) is 0 Å². The Morgan fingerprint density at radius 3 is 2.37 bits per heavy atom. The molecule has 4 aliphatic carbocycles. The Bertz CT molecular complexity index is 1130. The second-order valence-corrected chi connectivity index (χ2v) is 13.9. The van der Waals surface area contributed by atoms with Crippen LogP contribution in [0, 0.1) is 39.4 Å². The molecule has 2 N–H and O–H groups in total. The first-order chi connectivity index (χ1) is 17.5. The van der Waals surface area contributed by atoms with E-state index in [1.165, 1.54) is 31.1 Å². The van der Waals surface area contributed by atoms with Crippen molar-refractivity contribution in [1.82, 2.24) is 0 Å². The van der Waals surface area contributed by atoms with Gasteiger partial charge in [0.2, 0.25) is 0 Å². The number of allylic oxidation sites excluding steroid dienone is 4. The van der Waals surface area contributed by atoms with Crippen LogP contribution in [0.25, 0.3) is 0 Å². The minimum Gasteiger partial charge on any atom is -0.478 e. The number of carboxylic acids is 1. The molecule has 6 heteroatoms. The third-order valence-electron chi connectivity index (χ3n) is 11.6. The van der Waals surface area contributed by atoms with Gasteiger partial charge in [-0.15, -0.1) is 0 Å². The van der Waals surface area contributed by atoms with Gasteiger partial charge in [0.1, 0.15) is 6.10 Å². The number of aliphatic carboxylic acids is 1. The maximum Gasteiger partial charge on any atom is 0.331 e. The second kappa shape index (κ2) is 9.46. The Morgan fingerprint density at radius 2 is 1.76 bits per heavy atom. The highest BCUT2D eigenvalue weighted by atomic mass is 16.5. The van der Waals surface area contributed by atoms with Crippen LogP contribution in [0.3, 0.4) is 0 Å². The van der Waals surface area contributed by atoms with Gasteiger partial charge in [0.25, 0.3) is 0 Å². The van der Waals surface area contributed by atoms with Crippen LogP contribution in [-0.2, 0) is 19.1 Å². The second-order valence-electron chi connectivity index (χ2n) is 13.9. The summed E-state index contributed by atoms with van der Waals surface area (Å²) in [6, 6.07) is 0. The Hall–Kier alpha value is -2.21. The smallest absolute Gasteiger partial charge is 0.331 e. The molecule has 0 aliphatic heterocycles. The van der Waals surface area contributed by atoms with Crippen molar-refractivity contribution in [3.63, 3.8) is 0 Å². The summed E-state index contributed by atoms with van der Waals surface area (Å²) in [6.45, 7) is 16.3. The largest absolute Gasteiger partial charge is 0.478 e. The van der Waals surface area contributed by atoms with Crippen LogP contribution in [0.4, 0.5) is 0 Å². The zero-order valence-corrected chi connectivity index (χ0v) is 24.4. The molecule has 6 nitrogen and oxygen atoms in total. The number of aliphatic hydroxyl groups is 1. The number of carboxylic acid groups (broad SMARTS) is 1. The van der Waals surface area contributed by atoms with Crippen molar-refractivity contribution in [2.24, 2.45) is 39.4 Å². The van der Waals surface area contributed by atoms with Crippen molar-refractivity contribution >= 4 is 17.7 Å². The predicted octanol–water partition coefficient (Wildman–Crippen LogP) is 6.04. The van der Waals surface area contributed by atoms with E-state index >= 15 is 0 Å². The minimum absolute atomic E-state index is 0.0161. The summed E-state index contributed by atoms with van der Waals surface area (Å²) in [5.41, 5.74) is 1.78. The van der Waals surface area contributed by atoms with E-state index in [2.05, 4.69) is 53.7 Å². The van der Waals surface area contributed by atoms with Crippen LogP contribution in [-0.4, -0.2) is 40.1 Å². The molecule has 0 bridgehead atoms. The van der Waals surface area contributed by atoms with Gasteiger partial charge < -0.3 is 14.9 Å². The fourth-order valence-corrected chi connectivity index (χ4v) is 9.16. The molecule has 0 radical (unpaired) electrons. The number of carbonyl (C=O) groups is 3. The van der Waals surface area contributed by atoms with E-state index in [9.17, 15) is 19.5 Å². The third-order valence-corrected chi connectivity index (χ3v) is 11.6. The fraction of sp³-hybridized carbons (Fsp3) is 0.719. The molecule has 0 aromatic rings. The van der Waals surface area contributed by atoms with E-state index in [4.69, 9.17) is 9.84 Å². The van der Waals surface area contributed by atoms with Crippen LogP contribution in [0.2, 0.25) is 0 Å². The molecule has 0 spiro atoms. The number of aliphatic hydroxyl groups excluding tert-OH is 1. The lowest BCUT2D eigenvalue weighted by Gasteiger charge is -2.61. The first-order valence-corrected chi connectivity index (χ1v) is 14.2. The third kappa shape index (κ3) is 4.13. The van der Waals surface area contributed by atoms with Crippen molar-refractivity contribution in [2.75, 3.05) is 0 Å². The summed E-state index contributed by atoms with van der Waals surface area (Å²) >= 11 is 0. The SMILES string of the molecule is CC(=O)O[C@@H]1CC[C@]2(C)C3=CC[C@]4(C)[C@@H]([C@H](C)CC(=O)/C=C(\C)C(=O)O)C[C@H](O)[C@@]4(C)C3=CC[C@@H]2C1(C)C. The zero-order valence-electron chi connectivity index (χ0n) is 24.4. The first-order valence-electron chi connectivity index (χ1n) is 14.2. The highest BCUT2D eigenvalue weighted by Gasteiger charge is 2.66. The maximum atomic E-state index is 12.7. The molecule has 4 aliphatic rings. The fourth-order valence-electron chi connectivity index (χ4n) is 9.16. The predicted molar refractivity (Wildman–Crippen MR) is 146 cm³/mol. The monoisotopic (exact) mass is 526 g/mol. The van der Waals surface area contributed by atoms with Crippen LogP contribution < -0.4 is 0 Å². The average Bonchev–Trinajstić information content (AvgIpc) is 3.02. The van der Waals surface area contributed by atoms with Gasteiger partial charge in [0.05, 0.1) is 6.10 Å². The molecule has 2 fully saturated rings. The number of carbonyl (C=O) groups excluding carboxylic acids is 2. The van der Waals surface area contributed by atoms with E-state index in [1.807, 2.05) is 0 Å². The van der Waals surface area contributed by atoms with E-state index in [0.717, 1.165) is 25.7 Å². The Balaban J connectivity index is 1.66. The van der Waals surface area contributed by atoms with Crippen molar-refractivity contribution in [3.05, 3.63) is 34.9 Å². The van der Waals surface area contributed by atoms with Gasteiger partial charge in [-0.05, 0) is 84.8 Å². The summed E-state index contributed by atoms with van der Waals surface area (Å²) < 4.78 is 5.78. The maximum absolute atomic E-state index is 12.7. The topological polar surface area (TPSA) is 101 Å². The molecule has 4 rings (SSSR count). The van der Waals surface area contributed by atoms with Crippen LogP contribution in [0.15, 0.2) is 34.9 Å². The minimum atomic E-state index is -1.08. The molecule has 0 aromatic carbocycles. The lowest BCUT2D eigenvalue weighted by atomic mass is 9.44. The molecule has 2 saturated carbocycles. The molecule has 8 atom stereocenters. The number of ketones is 1. The van der Waals surface area contributed by atoms with Gasteiger partial charge in [-0.3, -0.25) is 9.59 Å². The zero-order chi connectivity index (χ0) is 28.4. The summed E-state index contributed by atoms with van der Waals surface area (Å²) in [6.07, 6.45) is 9.76. The first kappa shape index (κ1) is 28.8. The van der Waals surface area contributed by atoms with E-state index in [1.54, 1.807) is 0 Å². The van der Waals surface area contributed by atoms with Gasteiger partial charge in [0.15, 0.2) is 5.78 Å². The molecule has 38 heavy (non-hydrogen) atoms. The number of hydrogen-bond acceptors (Lipinski definition) is 5. The molecule has 0 unspecified atom stereocenters. The van der Waals surface area contributed by atoms with E-state index in [0.29, 0.717) is 12.3 Å². The highest BCUT2D eigenvalue weighted by molar-refractivity contribution is 5.98. The quantitative estimate of drug-likeness (QED) is 0.323. The van der Waals surface area contributed by atoms with Crippen LogP contribution >= 0.6 is 0 Å². The lowest BCUT2D eigenvalue weighted by molar-refractivity contribution is -0.165. The number of esters is 1. The average molecular weight is 527 g/mol. The van der Waals surface area contributed by atoms with Gasteiger partial charge in [0, 0.05) is 29.7 Å². The highest BCUT2D eigenvalue weighted by Crippen LogP contribution is 2.71. The number of rotatable bonds is 6. The van der Waals surface area contributed by atoms with Gasteiger partial charge in [-0.25, -0.2) is 4.79 Å². The Kier molecular flexibility index (Phi) is 7.17. The molecule has 0 amide bonds. The summed E-state index contributed by atoms with van der Waals surface area (Å²) in [7, 11) is 0. The molecule has 0 aromatic heterocycles. The molecule has 210 valence electrons. The molecular formula is C32H46O6. The summed E-state index contributed by atoms with van der Waals surface area (Å²) in [5.74, 6) is -0.998. The number of fused-ring (bicyclic) bond motifs is 5. The Labute approximate surface area is 227 Å². The molecule has 0 heterocycles. The molecular weight excluding hydrogens is 480 g/mol. The van der Waals surface area contributed by atoms with Crippen molar-refractivity contribution in [3.8, 4) is 0 Å². The van der Waals surface area contributed by atoms with E-state index in [-0.39, 0.29) is 57.9 Å². The van der Waals surface area contributed by atoms with Gasteiger partial charge in [-0.1, -0.05) is 53.7 Å². The lowest BCUT2D eigenvalue weighted by Crippen LogP contribution is -2.56. The normalized spacial score (nSPS) is 40.6. The van der Waals surface area contributed by atoms with Crippen molar-refractivity contribution < 1.29 is 29.3 Å². The summed E-state index contributed by atoms with van der Waals surface area (Å²) in [4.78, 5) is 35.7.